The van der Waals surface area contributed by atoms with Crippen LogP contribution in [0.3, 0.4) is 0 Å². The largest absolute Gasteiger partial charge is 0.418 e. The molecule has 0 heterocycles. The van der Waals surface area contributed by atoms with E-state index < -0.39 is 23.9 Å². The van der Waals surface area contributed by atoms with Crippen LogP contribution in [0.15, 0.2) is 24.3 Å². The molecule has 1 aromatic rings. The van der Waals surface area contributed by atoms with Crippen LogP contribution in [-0.2, 0) is 6.18 Å². The van der Waals surface area contributed by atoms with Crippen molar-refractivity contribution in [3.05, 3.63) is 29.8 Å². The number of para-hydroxylation sites is 1. The number of hydrogen-bond donors (Lipinski definition) is 3. The smallest absolute Gasteiger partial charge is 0.393 e. The maximum absolute atomic E-state index is 12.8. The Morgan fingerprint density at radius 3 is 2.62 bits per heavy atom. The van der Waals surface area contributed by atoms with E-state index in [0.717, 1.165) is 18.9 Å². The summed E-state index contributed by atoms with van der Waals surface area (Å²) in [5, 5.41) is 14.3. The molecule has 2 rings (SSSR count). The lowest BCUT2D eigenvalue weighted by Gasteiger charge is -2.17. The van der Waals surface area contributed by atoms with Crippen LogP contribution < -0.4 is 10.6 Å². The molecule has 1 aromatic carbocycles. The number of urea groups is 1. The molecular formula is C14H17F3N2O2. The number of alkyl halides is 3. The van der Waals surface area contributed by atoms with Crippen molar-refractivity contribution in [2.75, 3.05) is 11.9 Å². The fourth-order valence-corrected chi connectivity index (χ4v) is 2.48. The average Bonchev–Trinajstić information content (AvgIpc) is 2.81. The molecule has 1 saturated carbocycles. The van der Waals surface area contributed by atoms with Crippen LogP contribution in [0.2, 0.25) is 0 Å². The van der Waals surface area contributed by atoms with Crippen LogP contribution in [0.4, 0.5) is 23.7 Å². The van der Waals surface area contributed by atoms with Gasteiger partial charge in [-0.3, -0.25) is 0 Å². The van der Waals surface area contributed by atoms with Gasteiger partial charge in [-0.1, -0.05) is 18.6 Å². The highest BCUT2D eigenvalue weighted by molar-refractivity contribution is 5.90. The van der Waals surface area contributed by atoms with Gasteiger partial charge in [0, 0.05) is 12.5 Å². The molecule has 0 aliphatic heterocycles. The number of rotatable bonds is 3. The number of aliphatic hydroxyl groups excluding tert-OH is 1. The summed E-state index contributed by atoms with van der Waals surface area (Å²) in [6.07, 6.45) is -2.57. The summed E-state index contributed by atoms with van der Waals surface area (Å²) in [5.41, 5.74) is -1.17. The Hall–Kier alpha value is -1.76. The molecule has 0 radical (unpaired) electrons. The number of carbonyl (C=O) groups excluding carboxylic acids is 1. The average molecular weight is 302 g/mol. The molecule has 7 heteroatoms. The fourth-order valence-electron chi connectivity index (χ4n) is 2.48. The number of benzene rings is 1. The highest BCUT2D eigenvalue weighted by Gasteiger charge is 2.33. The minimum absolute atomic E-state index is 0.0337. The van der Waals surface area contributed by atoms with E-state index >= 15 is 0 Å². The van der Waals surface area contributed by atoms with Crippen molar-refractivity contribution in [1.82, 2.24) is 5.32 Å². The molecule has 2 amide bonds. The zero-order valence-electron chi connectivity index (χ0n) is 11.3. The highest BCUT2D eigenvalue weighted by atomic mass is 19.4. The van der Waals surface area contributed by atoms with Crippen LogP contribution in [0, 0.1) is 5.92 Å². The van der Waals surface area contributed by atoms with E-state index in [1.807, 2.05) is 0 Å². The normalized spacial score (nSPS) is 22.1. The van der Waals surface area contributed by atoms with E-state index in [1.165, 1.54) is 18.2 Å². The first-order valence-electron chi connectivity index (χ1n) is 6.77. The zero-order chi connectivity index (χ0) is 15.5. The summed E-state index contributed by atoms with van der Waals surface area (Å²) in [6.45, 7) is 0.251. The lowest BCUT2D eigenvalue weighted by molar-refractivity contribution is -0.136. The third-order valence-corrected chi connectivity index (χ3v) is 3.62. The molecule has 2 unspecified atom stereocenters. The molecule has 4 nitrogen and oxygen atoms in total. The van der Waals surface area contributed by atoms with Crippen molar-refractivity contribution in [2.45, 2.75) is 31.5 Å². The molecule has 0 aromatic heterocycles. The van der Waals surface area contributed by atoms with Crippen molar-refractivity contribution in [3.8, 4) is 0 Å². The van der Waals surface area contributed by atoms with Gasteiger partial charge in [-0.2, -0.15) is 13.2 Å². The van der Waals surface area contributed by atoms with Gasteiger partial charge in [-0.15, -0.1) is 0 Å². The maximum atomic E-state index is 12.8. The molecule has 1 fully saturated rings. The Morgan fingerprint density at radius 2 is 2.00 bits per heavy atom. The third-order valence-electron chi connectivity index (χ3n) is 3.62. The summed E-state index contributed by atoms with van der Waals surface area (Å²) in [6, 6.07) is 4.10. The second kappa shape index (κ2) is 6.34. The predicted octanol–water partition coefficient (Wildman–Crippen LogP) is 2.99. The lowest BCUT2D eigenvalue weighted by Crippen LogP contribution is -2.35. The molecule has 21 heavy (non-hydrogen) atoms. The number of hydrogen-bond acceptors (Lipinski definition) is 2. The first-order chi connectivity index (χ1) is 9.88. The minimum Gasteiger partial charge on any atom is -0.393 e. The number of carbonyl (C=O) groups is 1. The second-order valence-electron chi connectivity index (χ2n) is 5.14. The standard InChI is InChI=1S/C14H17F3N2O2/c15-14(16,17)10-5-1-2-6-11(10)19-13(21)18-8-9-4-3-7-12(9)20/h1-2,5-6,9,12,20H,3-4,7-8H2,(H2,18,19,21). The van der Waals surface area contributed by atoms with Gasteiger partial charge in [0.15, 0.2) is 0 Å². The van der Waals surface area contributed by atoms with Gasteiger partial charge in [-0.05, 0) is 25.0 Å². The Labute approximate surface area is 120 Å². The topological polar surface area (TPSA) is 61.4 Å². The van der Waals surface area contributed by atoms with E-state index in [1.54, 1.807) is 0 Å². The number of nitrogens with one attached hydrogen (secondary N) is 2. The van der Waals surface area contributed by atoms with Crippen molar-refractivity contribution >= 4 is 11.7 Å². The van der Waals surface area contributed by atoms with Crippen LogP contribution in [0.5, 0.6) is 0 Å². The predicted molar refractivity (Wildman–Crippen MR) is 71.8 cm³/mol. The first-order valence-corrected chi connectivity index (χ1v) is 6.77. The highest BCUT2D eigenvalue weighted by Crippen LogP contribution is 2.34. The number of amides is 2. The first kappa shape index (κ1) is 15.6. The number of anilines is 1. The Morgan fingerprint density at radius 1 is 1.29 bits per heavy atom. The van der Waals surface area contributed by atoms with E-state index in [-0.39, 0.29) is 18.2 Å². The molecule has 0 bridgehead atoms. The Balaban J connectivity index is 1.94. The summed E-state index contributed by atoms with van der Waals surface area (Å²) >= 11 is 0. The van der Waals surface area contributed by atoms with Crippen LogP contribution in [0.25, 0.3) is 0 Å². The second-order valence-corrected chi connectivity index (χ2v) is 5.14. The monoisotopic (exact) mass is 302 g/mol. The Kier molecular flexibility index (Phi) is 4.72. The minimum atomic E-state index is -4.52. The molecule has 1 aliphatic carbocycles. The van der Waals surface area contributed by atoms with Gasteiger partial charge < -0.3 is 15.7 Å². The van der Waals surface area contributed by atoms with Crippen LogP contribution in [0.1, 0.15) is 24.8 Å². The molecule has 3 N–H and O–H groups in total. The molecule has 1 aliphatic rings. The van der Waals surface area contributed by atoms with E-state index in [2.05, 4.69) is 10.6 Å². The van der Waals surface area contributed by atoms with Crippen molar-refractivity contribution in [3.63, 3.8) is 0 Å². The summed E-state index contributed by atoms with van der Waals surface area (Å²) in [5.74, 6) is -0.0337. The van der Waals surface area contributed by atoms with Gasteiger partial charge in [0.05, 0.1) is 17.4 Å². The Bertz CT molecular complexity index is 505. The van der Waals surface area contributed by atoms with Crippen molar-refractivity contribution in [2.24, 2.45) is 5.92 Å². The van der Waals surface area contributed by atoms with Gasteiger partial charge in [0.2, 0.25) is 0 Å². The van der Waals surface area contributed by atoms with Crippen LogP contribution >= 0.6 is 0 Å². The lowest BCUT2D eigenvalue weighted by atomic mass is 10.1. The van der Waals surface area contributed by atoms with Crippen LogP contribution in [-0.4, -0.2) is 23.8 Å². The van der Waals surface area contributed by atoms with Gasteiger partial charge in [0.25, 0.3) is 0 Å². The molecule has 0 saturated heterocycles. The van der Waals surface area contributed by atoms with E-state index in [4.69, 9.17) is 0 Å². The third kappa shape index (κ3) is 4.10. The van der Waals surface area contributed by atoms with Crippen molar-refractivity contribution < 1.29 is 23.1 Å². The fraction of sp³-hybridized carbons (Fsp3) is 0.500. The van der Waals surface area contributed by atoms with E-state index in [0.29, 0.717) is 6.42 Å². The molecule has 116 valence electrons. The van der Waals surface area contributed by atoms with Gasteiger partial charge in [-0.25, -0.2) is 4.79 Å². The SMILES string of the molecule is O=C(NCC1CCCC1O)Nc1ccccc1C(F)(F)F. The van der Waals surface area contributed by atoms with Crippen molar-refractivity contribution in [1.29, 1.82) is 0 Å². The summed E-state index contributed by atoms with van der Waals surface area (Å²) in [4.78, 5) is 11.7. The van der Waals surface area contributed by atoms with Gasteiger partial charge >= 0.3 is 12.2 Å². The number of halogens is 3. The molecule has 2 atom stereocenters. The maximum Gasteiger partial charge on any atom is 0.418 e. The summed E-state index contributed by atoms with van der Waals surface area (Å²) in [7, 11) is 0. The summed E-state index contributed by atoms with van der Waals surface area (Å²) < 4.78 is 38.3. The number of aliphatic hydroxyl groups is 1. The van der Waals surface area contributed by atoms with E-state index in [9.17, 15) is 23.1 Å². The quantitative estimate of drug-likeness (QED) is 0.804. The molecular weight excluding hydrogens is 285 g/mol. The zero-order valence-corrected chi connectivity index (χ0v) is 11.3. The molecule has 0 spiro atoms. The van der Waals surface area contributed by atoms with Gasteiger partial charge in [0.1, 0.15) is 0 Å².